The maximum Gasteiger partial charge on any atom is 0.408 e. The summed E-state index contributed by atoms with van der Waals surface area (Å²) in [6.07, 6.45) is 17.3. The molecule has 0 heterocycles. The lowest BCUT2D eigenvalue weighted by Crippen LogP contribution is -2.47. The van der Waals surface area contributed by atoms with Crippen LogP contribution in [0.1, 0.15) is 105 Å². The number of aliphatic hydroxyl groups excluding tert-OH is 2. The summed E-state index contributed by atoms with van der Waals surface area (Å²) in [6.45, 7) is 7.21. The van der Waals surface area contributed by atoms with Crippen LogP contribution < -0.4 is 5.32 Å². The largest absolute Gasteiger partial charge is 0.444 e. The normalized spacial score (nSPS) is 14.2. The molecule has 0 aromatic carbocycles. The number of allylic oxidation sites excluding steroid dienone is 1. The Kier molecular flexibility index (Phi) is 16.2. The highest BCUT2D eigenvalue weighted by Crippen LogP contribution is 2.12. The number of carbonyl (C=O) groups excluding carboxylic acids is 1. The maximum atomic E-state index is 11.7. The van der Waals surface area contributed by atoms with E-state index in [-0.39, 0.29) is 6.61 Å². The molecule has 0 bridgehead atoms. The Morgan fingerprint density at radius 2 is 1.46 bits per heavy atom. The highest BCUT2D eigenvalue weighted by molar-refractivity contribution is 5.68. The standard InChI is InChI=1S/C23H45NO4/c1-5-6-7-8-9-10-11-12-13-14-15-16-17-18-21(26)20(19-25)24-22(27)28-23(2,3)4/h17-18,20-21,25-26H,5-16,19H2,1-4H3,(H,24,27)/b18-17+. The molecule has 0 aliphatic carbocycles. The molecule has 0 radical (unpaired) electrons. The molecule has 1 amide bonds. The molecule has 0 aromatic rings. The molecular formula is C23H45NO4. The van der Waals surface area contributed by atoms with Crippen molar-refractivity contribution in [3.63, 3.8) is 0 Å². The van der Waals surface area contributed by atoms with Gasteiger partial charge in [-0.3, -0.25) is 0 Å². The first-order valence-corrected chi connectivity index (χ1v) is 11.2. The van der Waals surface area contributed by atoms with E-state index in [0.29, 0.717) is 0 Å². The average Bonchev–Trinajstić information content (AvgIpc) is 2.61. The number of hydrogen-bond acceptors (Lipinski definition) is 4. The molecule has 28 heavy (non-hydrogen) atoms. The van der Waals surface area contributed by atoms with Crippen LogP contribution in [0.25, 0.3) is 0 Å². The van der Waals surface area contributed by atoms with E-state index >= 15 is 0 Å². The SMILES string of the molecule is CCCCCCCCCCCCC/C=C/C(O)C(CO)NC(=O)OC(C)(C)C. The number of hydrogen-bond donors (Lipinski definition) is 3. The van der Waals surface area contributed by atoms with Crippen molar-refractivity contribution in [3.05, 3.63) is 12.2 Å². The fraction of sp³-hybridized carbons (Fsp3) is 0.870. The van der Waals surface area contributed by atoms with Gasteiger partial charge in [-0.25, -0.2) is 4.79 Å². The minimum absolute atomic E-state index is 0.344. The van der Waals surface area contributed by atoms with Crippen molar-refractivity contribution in [2.75, 3.05) is 6.61 Å². The van der Waals surface area contributed by atoms with Gasteiger partial charge in [-0.15, -0.1) is 0 Å². The zero-order valence-electron chi connectivity index (χ0n) is 18.7. The number of amides is 1. The van der Waals surface area contributed by atoms with E-state index in [1.807, 2.05) is 6.08 Å². The van der Waals surface area contributed by atoms with Crippen LogP contribution >= 0.6 is 0 Å². The highest BCUT2D eigenvalue weighted by atomic mass is 16.6. The predicted octanol–water partition coefficient (Wildman–Crippen LogP) is 5.49. The van der Waals surface area contributed by atoms with Crippen LogP contribution in [0.2, 0.25) is 0 Å². The Hall–Kier alpha value is -1.07. The van der Waals surface area contributed by atoms with E-state index in [0.717, 1.165) is 12.8 Å². The summed E-state index contributed by atoms with van der Waals surface area (Å²) in [5.41, 5.74) is -0.611. The van der Waals surface area contributed by atoms with Crippen LogP contribution in [-0.4, -0.2) is 40.7 Å². The summed E-state index contributed by atoms with van der Waals surface area (Å²) in [5.74, 6) is 0. The van der Waals surface area contributed by atoms with E-state index in [2.05, 4.69) is 12.2 Å². The smallest absolute Gasteiger partial charge is 0.408 e. The third-order valence-electron chi connectivity index (χ3n) is 4.62. The lowest BCUT2D eigenvalue weighted by Gasteiger charge is -2.24. The number of unbranched alkanes of at least 4 members (excludes halogenated alkanes) is 11. The van der Waals surface area contributed by atoms with Crippen molar-refractivity contribution in [1.82, 2.24) is 5.32 Å². The van der Waals surface area contributed by atoms with Gasteiger partial charge in [0.1, 0.15) is 5.60 Å². The molecule has 166 valence electrons. The summed E-state index contributed by atoms with van der Waals surface area (Å²) in [6, 6.07) is -0.761. The summed E-state index contributed by atoms with van der Waals surface area (Å²) < 4.78 is 5.15. The molecule has 0 aliphatic heterocycles. The Labute approximate surface area is 172 Å². The number of rotatable bonds is 16. The first-order valence-electron chi connectivity index (χ1n) is 11.2. The van der Waals surface area contributed by atoms with Gasteiger partial charge in [-0.2, -0.15) is 0 Å². The molecule has 3 N–H and O–H groups in total. The number of carbonyl (C=O) groups is 1. The highest BCUT2D eigenvalue weighted by Gasteiger charge is 2.22. The summed E-state index contributed by atoms with van der Waals surface area (Å²) >= 11 is 0. The van der Waals surface area contributed by atoms with E-state index in [4.69, 9.17) is 4.74 Å². The van der Waals surface area contributed by atoms with Gasteiger partial charge in [0.25, 0.3) is 0 Å². The summed E-state index contributed by atoms with van der Waals surface area (Å²) in [5, 5.41) is 22.0. The molecule has 0 aliphatic rings. The van der Waals surface area contributed by atoms with Gasteiger partial charge in [0.15, 0.2) is 0 Å². The molecule has 2 atom stereocenters. The molecule has 5 nitrogen and oxygen atoms in total. The van der Waals surface area contributed by atoms with Gasteiger partial charge in [-0.1, -0.05) is 83.3 Å². The van der Waals surface area contributed by atoms with Crippen LogP contribution in [0, 0.1) is 0 Å². The molecule has 0 saturated heterocycles. The maximum absolute atomic E-state index is 11.7. The van der Waals surface area contributed by atoms with Crippen LogP contribution in [-0.2, 0) is 4.74 Å². The zero-order valence-corrected chi connectivity index (χ0v) is 18.7. The first-order chi connectivity index (χ1) is 13.3. The van der Waals surface area contributed by atoms with Gasteiger partial charge >= 0.3 is 6.09 Å². The van der Waals surface area contributed by atoms with Crippen molar-refractivity contribution in [2.24, 2.45) is 0 Å². The molecule has 5 heteroatoms. The molecule has 0 rings (SSSR count). The number of alkyl carbamates (subject to hydrolysis) is 1. The van der Waals surface area contributed by atoms with Crippen molar-refractivity contribution in [2.45, 2.75) is 122 Å². The summed E-state index contributed by atoms with van der Waals surface area (Å²) in [4.78, 5) is 11.7. The molecule has 0 aromatic heterocycles. The Morgan fingerprint density at radius 1 is 0.964 bits per heavy atom. The van der Waals surface area contributed by atoms with Crippen molar-refractivity contribution < 1.29 is 19.7 Å². The molecular weight excluding hydrogens is 354 g/mol. The topological polar surface area (TPSA) is 78.8 Å². The second-order valence-corrected chi connectivity index (χ2v) is 8.68. The zero-order chi connectivity index (χ0) is 21.3. The van der Waals surface area contributed by atoms with Crippen LogP contribution in [0.3, 0.4) is 0 Å². The monoisotopic (exact) mass is 399 g/mol. The van der Waals surface area contributed by atoms with Gasteiger partial charge in [-0.05, 0) is 33.6 Å². The first kappa shape index (κ1) is 26.9. The van der Waals surface area contributed by atoms with Gasteiger partial charge in [0, 0.05) is 0 Å². The third-order valence-corrected chi connectivity index (χ3v) is 4.62. The number of ether oxygens (including phenoxy) is 1. The van der Waals surface area contributed by atoms with Gasteiger partial charge < -0.3 is 20.3 Å². The molecule has 0 spiro atoms. The van der Waals surface area contributed by atoms with Crippen LogP contribution in [0.4, 0.5) is 4.79 Å². The average molecular weight is 400 g/mol. The number of nitrogens with one attached hydrogen (secondary N) is 1. The molecule has 2 unspecified atom stereocenters. The van der Waals surface area contributed by atoms with Crippen molar-refractivity contribution >= 4 is 6.09 Å². The fourth-order valence-electron chi connectivity index (χ4n) is 2.99. The van der Waals surface area contributed by atoms with E-state index in [1.54, 1.807) is 26.8 Å². The van der Waals surface area contributed by atoms with Crippen molar-refractivity contribution in [3.8, 4) is 0 Å². The van der Waals surface area contributed by atoms with Crippen molar-refractivity contribution in [1.29, 1.82) is 0 Å². The van der Waals surface area contributed by atoms with E-state index in [1.165, 1.54) is 64.2 Å². The van der Waals surface area contributed by atoms with Gasteiger partial charge in [0.05, 0.1) is 18.8 Å². The predicted molar refractivity (Wildman–Crippen MR) is 116 cm³/mol. The molecule has 0 saturated carbocycles. The van der Waals surface area contributed by atoms with Gasteiger partial charge in [0.2, 0.25) is 0 Å². The molecule has 0 fully saturated rings. The minimum Gasteiger partial charge on any atom is -0.444 e. The van der Waals surface area contributed by atoms with E-state index in [9.17, 15) is 15.0 Å². The Bertz CT molecular complexity index is 404. The van der Waals surface area contributed by atoms with E-state index < -0.39 is 23.8 Å². The lowest BCUT2D eigenvalue weighted by atomic mass is 10.0. The number of aliphatic hydroxyl groups is 2. The van der Waals surface area contributed by atoms with Crippen LogP contribution in [0.5, 0.6) is 0 Å². The Morgan fingerprint density at radius 3 is 1.93 bits per heavy atom. The fourth-order valence-corrected chi connectivity index (χ4v) is 2.99. The minimum atomic E-state index is -0.926. The lowest BCUT2D eigenvalue weighted by molar-refractivity contribution is 0.0405. The quantitative estimate of drug-likeness (QED) is 0.237. The Balaban J connectivity index is 3.75. The second kappa shape index (κ2) is 16.8. The third kappa shape index (κ3) is 17.1. The van der Waals surface area contributed by atoms with Crippen LogP contribution in [0.15, 0.2) is 12.2 Å². The second-order valence-electron chi connectivity index (χ2n) is 8.68. The summed E-state index contributed by atoms with van der Waals surface area (Å²) in [7, 11) is 0.